The van der Waals surface area contributed by atoms with Gasteiger partial charge in [0.15, 0.2) is 0 Å². The van der Waals surface area contributed by atoms with Gasteiger partial charge >= 0.3 is 0 Å². The van der Waals surface area contributed by atoms with E-state index in [1.807, 2.05) is 12.4 Å². The number of likely N-dealkylation sites (tertiary alicyclic amines) is 1. The van der Waals surface area contributed by atoms with Crippen molar-refractivity contribution in [1.29, 1.82) is 0 Å². The van der Waals surface area contributed by atoms with Crippen molar-refractivity contribution in [3.63, 3.8) is 0 Å². The van der Waals surface area contributed by atoms with Crippen molar-refractivity contribution >= 4 is 27.4 Å². The summed E-state index contributed by atoms with van der Waals surface area (Å²) in [6.45, 7) is 4.66. The summed E-state index contributed by atoms with van der Waals surface area (Å²) in [5.41, 5.74) is 0. The molecule has 0 spiro atoms. The number of piperidine rings is 1. The third-order valence-electron chi connectivity index (χ3n) is 3.92. The fourth-order valence-electron chi connectivity index (χ4n) is 2.72. The lowest BCUT2D eigenvalue weighted by Gasteiger charge is -2.33. The highest BCUT2D eigenvalue weighted by molar-refractivity contribution is 7.16. The quantitative estimate of drug-likeness (QED) is 0.905. The van der Waals surface area contributed by atoms with Crippen LogP contribution in [0.1, 0.15) is 19.2 Å². The normalized spacial score (nSPS) is 24.1. The number of nitrogens with zero attached hydrogens (tertiary/aromatic N) is 3. The van der Waals surface area contributed by atoms with Crippen LogP contribution in [0.5, 0.6) is 0 Å². The van der Waals surface area contributed by atoms with Crippen molar-refractivity contribution in [2.45, 2.75) is 26.0 Å². The smallest absolute Gasteiger partial charge is 0.146 e. The van der Waals surface area contributed by atoms with Gasteiger partial charge in [0.1, 0.15) is 16.5 Å². The zero-order valence-corrected chi connectivity index (χ0v) is 12.7. The minimum absolute atomic E-state index is 0.167. The molecule has 0 radical (unpaired) electrons. The Morgan fingerprint density at radius 1 is 1.50 bits per heavy atom. The predicted octanol–water partition coefficient (Wildman–Crippen LogP) is 1.94. The molecule has 1 aliphatic heterocycles. The molecule has 0 amide bonds. The van der Waals surface area contributed by atoms with Crippen LogP contribution in [-0.2, 0) is 6.54 Å². The van der Waals surface area contributed by atoms with Crippen molar-refractivity contribution in [1.82, 2.24) is 14.9 Å². The van der Waals surface area contributed by atoms with E-state index in [1.165, 1.54) is 0 Å². The van der Waals surface area contributed by atoms with Crippen molar-refractivity contribution in [2.75, 3.05) is 25.5 Å². The Hall–Kier alpha value is -1.24. The van der Waals surface area contributed by atoms with Gasteiger partial charge in [0.2, 0.25) is 0 Å². The number of aliphatic hydroxyl groups is 1. The van der Waals surface area contributed by atoms with Gasteiger partial charge in [0, 0.05) is 20.1 Å². The molecule has 1 fully saturated rings. The van der Waals surface area contributed by atoms with Gasteiger partial charge in [-0.15, -0.1) is 11.3 Å². The molecule has 3 heterocycles. The number of hydrogen-bond acceptors (Lipinski definition) is 6. The lowest BCUT2D eigenvalue weighted by Crippen LogP contribution is -2.41. The largest absolute Gasteiger partial charge is 0.393 e. The molecular weight excluding hydrogens is 272 g/mol. The zero-order valence-electron chi connectivity index (χ0n) is 11.8. The highest BCUT2D eigenvalue weighted by Crippen LogP contribution is 2.25. The lowest BCUT2D eigenvalue weighted by atomic mass is 9.97. The van der Waals surface area contributed by atoms with E-state index in [0.717, 1.165) is 47.9 Å². The first kappa shape index (κ1) is 13.7. The number of fused-ring (bicyclic) bond motifs is 1. The molecule has 0 aliphatic carbocycles. The van der Waals surface area contributed by atoms with Crippen LogP contribution in [0.2, 0.25) is 0 Å². The summed E-state index contributed by atoms with van der Waals surface area (Å²) in [5.74, 6) is 2.07. The third-order valence-corrected chi connectivity index (χ3v) is 4.72. The summed E-state index contributed by atoms with van der Waals surface area (Å²) in [6, 6.07) is 2.05. The Kier molecular flexibility index (Phi) is 3.87. The number of nitrogens with one attached hydrogen (secondary N) is 1. The van der Waals surface area contributed by atoms with Crippen LogP contribution >= 0.6 is 11.3 Å². The molecule has 2 unspecified atom stereocenters. The summed E-state index contributed by atoms with van der Waals surface area (Å²) in [5, 5.41) is 16.1. The van der Waals surface area contributed by atoms with Gasteiger partial charge < -0.3 is 10.4 Å². The summed E-state index contributed by atoms with van der Waals surface area (Å²) < 4.78 is 0. The number of thiophene rings is 1. The molecule has 20 heavy (non-hydrogen) atoms. The first-order valence-electron chi connectivity index (χ1n) is 6.99. The average Bonchev–Trinajstić information content (AvgIpc) is 2.90. The summed E-state index contributed by atoms with van der Waals surface area (Å²) in [4.78, 5) is 12.6. The molecule has 2 atom stereocenters. The van der Waals surface area contributed by atoms with E-state index >= 15 is 0 Å². The maximum Gasteiger partial charge on any atom is 0.146 e. The SMILES string of the molecule is CNc1nc(CN2CCC(O)C(C)C2)nc2sccc12. The van der Waals surface area contributed by atoms with Crippen LogP contribution in [0.15, 0.2) is 11.4 Å². The first-order valence-corrected chi connectivity index (χ1v) is 7.87. The molecule has 3 rings (SSSR count). The number of hydrogen-bond donors (Lipinski definition) is 2. The van der Waals surface area contributed by atoms with Gasteiger partial charge in [-0.3, -0.25) is 4.90 Å². The van der Waals surface area contributed by atoms with Crippen molar-refractivity contribution < 1.29 is 5.11 Å². The Morgan fingerprint density at radius 3 is 3.10 bits per heavy atom. The predicted molar refractivity (Wildman–Crippen MR) is 82.0 cm³/mol. The van der Waals surface area contributed by atoms with Crippen LogP contribution in [0, 0.1) is 5.92 Å². The zero-order chi connectivity index (χ0) is 14.1. The topological polar surface area (TPSA) is 61.3 Å². The average molecular weight is 292 g/mol. The van der Waals surface area contributed by atoms with Crippen molar-refractivity contribution in [3.05, 3.63) is 17.3 Å². The van der Waals surface area contributed by atoms with Crippen molar-refractivity contribution in [2.24, 2.45) is 5.92 Å². The van der Waals surface area contributed by atoms with Crippen LogP contribution in [0.3, 0.4) is 0 Å². The molecule has 108 valence electrons. The third kappa shape index (κ3) is 2.63. The van der Waals surface area contributed by atoms with Gasteiger partial charge in [-0.05, 0) is 23.8 Å². The fraction of sp³-hybridized carbons (Fsp3) is 0.571. The Bertz CT molecular complexity index is 600. The van der Waals surface area contributed by atoms with E-state index in [-0.39, 0.29) is 6.10 Å². The molecule has 0 saturated carbocycles. The summed E-state index contributed by atoms with van der Waals surface area (Å²) >= 11 is 1.64. The second kappa shape index (κ2) is 5.63. The number of anilines is 1. The highest BCUT2D eigenvalue weighted by atomic mass is 32.1. The van der Waals surface area contributed by atoms with Crippen LogP contribution in [0.4, 0.5) is 5.82 Å². The van der Waals surface area contributed by atoms with Gasteiger partial charge in [-0.25, -0.2) is 9.97 Å². The minimum atomic E-state index is -0.167. The molecule has 2 N–H and O–H groups in total. The Labute approximate surface area is 122 Å². The lowest BCUT2D eigenvalue weighted by molar-refractivity contribution is 0.0311. The second-order valence-electron chi connectivity index (χ2n) is 5.45. The molecule has 0 aromatic carbocycles. The second-order valence-corrected chi connectivity index (χ2v) is 6.34. The number of rotatable bonds is 3. The first-order chi connectivity index (χ1) is 9.67. The Balaban J connectivity index is 1.80. The maximum atomic E-state index is 9.79. The fourth-order valence-corrected chi connectivity index (χ4v) is 3.51. The molecule has 6 heteroatoms. The summed E-state index contributed by atoms with van der Waals surface area (Å²) in [7, 11) is 1.89. The van der Waals surface area contributed by atoms with E-state index in [4.69, 9.17) is 0 Å². The molecule has 2 aromatic heterocycles. The molecule has 2 aromatic rings. The number of aromatic nitrogens is 2. The molecule has 1 aliphatic rings. The molecular formula is C14H20N4OS. The van der Waals surface area contributed by atoms with Crippen LogP contribution in [0.25, 0.3) is 10.2 Å². The molecule has 0 bridgehead atoms. The summed E-state index contributed by atoms with van der Waals surface area (Å²) in [6.07, 6.45) is 0.668. The van der Waals surface area contributed by atoms with Gasteiger partial charge in [-0.1, -0.05) is 6.92 Å². The molecule has 5 nitrogen and oxygen atoms in total. The van der Waals surface area contributed by atoms with Crippen LogP contribution < -0.4 is 5.32 Å². The standard InChI is InChI=1S/C14H20N4OS/c1-9-7-18(5-3-11(9)19)8-12-16-13(15-2)10-4-6-20-14(10)17-12/h4,6,9,11,19H,3,5,7-8H2,1-2H3,(H,15,16,17). The monoisotopic (exact) mass is 292 g/mol. The van der Waals surface area contributed by atoms with E-state index in [1.54, 1.807) is 11.3 Å². The minimum Gasteiger partial charge on any atom is -0.393 e. The van der Waals surface area contributed by atoms with E-state index in [0.29, 0.717) is 5.92 Å². The van der Waals surface area contributed by atoms with Gasteiger partial charge in [0.05, 0.1) is 18.0 Å². The van der Waals surface area contributed by atoms with E-state index < -0.39 is 0 Å². The van der Waals surface area contributed by atoms with Gasteiger partial charge in [0.25, 0.3) is 0 Å². The maximum absolute atomic E-state index is 9.79. The molecule has 1 saturated heterocycles. The van der Waals surface area contributed by atoms with Crippen LogP contribution in [-0.4, -0.2) is 46.2 Å². The van der Waals surface area contributed by atoms with E-state index in [2.05, 4.69) is 33.2 Å². The Morgan fingerprint density at radius 2 is 2.35 bits per heavy atom. The van der Waals surface area contributed by atoms with Gasteiger partial charge in [-0.2, -0.15) is 0 Å². The van der Waals surface area contributed by atoms with E-state index in [9.17, 15) is 5.11 Å². The van der Waals surface area contributed by atoms with Crippen molar-refractivity contribution in [3.8, 4) is 0 Å². The highest BCUT2D eigenvalue weighted by Gasteiger charge is 2.24. The number of aliphatic hydroxyl groups excluding tert-OH is 1.